The number of alkyl halides is 3. The summed E-state index contributed by atoms with van der Waals surface area (Å²) in [5, 5.41) is 11.1. The van der Waals surface area contributed by atoms with Crippen LogP contribution in [0.1, 0.15) is 39.9 Å². The molecule has 3 nitrogen and oxygen atoms in total. The van der Waals surface area contributed by atoms with Crippen molar-refractivity contribution in [3.63, 3.8) is 0 Å². The summed E-state index contributed by atoms with van der Waals surface area (Å²) in [4.78, 5) is 11.4. The van der Waals surface area contributed by atoms with Crippen LogP contribution < -0.4 is 5.32 Å². The Balaban J connectivity index is 2.67. The summed E-state index contributed by atoms with van der Waals surface area (Å²) in [6.07, 6.45) is -4.53. The fourth-order valence-electron chi connectivity index (χ4n) is 1.93. The molecule has 0 bridgehead atoms. The molecule has 1 aliphatic heterocycles. The summed E-state index contributed by atoms with van der Waals surface area (Å²) in [5.74, 6) is -1.22. The lowest BCUT2D eigenvalue weighted by Crippen LogP contribution is -2.12. The minimum atomic E-state index is -4.53. The lowest BCUT2D eigenvalue weighted by molar-refractivity contribution is -0.138. The highest BCUT2D eigenvalue weighted by molar-refractivity contribution is 5.99. The number of hydrogen-bond acceptors (Lipinski definition) is 2. The van der Waals surface area contributed by atoms with Gasteiger partial charge in [-0.2, -0.15) is 18.4 Å². The van der Waals surface area contributed by atoms with Gasteiger partial charge in [0, 0.05) is 12.1 Å². The van der Waals surface area contributed by atoms with Crippen molar-refractivity contribution in [3.8, 4) is 6.07 Å². The van der Waals surface area contributed by atoms with Crippen molar-refractivity contribution >= 4 is 5.91 Å². The molecular formula is C12H9F3N2O. The highest BCUT2D eigenvalue weighted by Gasteiger charge is 2.38. The summed E-state index contributed by atoms with van der Waals surface area (Å²) >= 11 is 0. The van der Waals surface area contributed by atoms with Crippen molar-refractivity contribution in [2.75, 3.05) is 0 Å². The van der Waals surface area contributed by atoms with Gasteiger partial charge >= 0.3 is 6.18 Å². The van der Waals surface area contributed by atoms with Gasteiger partial charge in [-0.05, 0) is 30.2 Å². The Morgan fingerprint density at radius 1 is 1.44 bits per heavy atom. The van der Waals surface area contributed by atoms with Gasteiger partial charge in [-0.3, -0.25) is 4.79 Å². The van der Waals surface area contributed by atoms with E-state index in [1.807, 2.05) is 6.07 Å². The summed E-state index contributed by atoms with van der Waals surface area (Å²) in [6.45, 7) is 1.37. The molecule has 1 heterocycles. The second-order valence-corrected chi connectivity index (χ2v) is 4.13. The van der Waals surface area contributed by atoms with E-state index >= 15 is 0 Å². The number of benzene rings is 1. The summed E-state index contributed by atoms with van der Waals surface area (Å²) in [6, 6.07) is 4.18. The van der Waals surface area contributed by atoms with Crippen LogP contribution in [0.4, 0.5) is 13.2 Å². The molecule has 0 aromatic heterocycles. The number of hydrogen-bond donors (Lipinski definition) is 1. The smallest absolute Gasteiger partial charge is 0.348 e. The first-order valence-corrected chi connectivity index (χ1v) is 5.26. The van der Waals surface area contributed by atoms with E-state index in [9.17, 15) is 18.0 Å². The van der Waals surface area contributed by atoms with E-state index in [1.54, 1.807) is 0 Å². The van der Waals surface area contributed by atoms with Crippen molar-refractivity contribution < 1.29 is 18.0 Å². The number of amides is 1. The van der Waals surface area contributed by atoms with Gasteiger partial charge in [-0.25, -0.2) is 0 Å². The van der Waals surface area contributed by atoms with E-state index < -0.39 is 23.6 Å². The Kier molecular flexibility index (Phi) is 2.77. The predicted molar refractivity (Wildman–Crippen MR) is 56.6 cm³/mol. The van der Waals surface area contributed by atoms with E-state index in [0.29, 0.717) is 0 Å². The zero-order valence-electron chi connectivity index (χ0n) is 9.43. The molecule has 0 radical (unpaired) electrons. The second-order valence-electron chi connectivity index (χ2n) is 4.13. The van der Waals surface area contributed by atoms with Crippen LogP contribution in [0.3, 0.4) is 0 Å². The first kappa shape index (κ1) is 12.4. The number of fused-ring (bicyclic) bond motifs is 1. The molecule has 94 valence electrons. The minimum absolute atomic E-state index is 0.0157. The third-order valence-electron chi connectivity index (χ3n) is 2.94. The number of nitriles is 1. The molecule has 0 aliphatic carbocycles. The Morgan fingerprint density at radius 3 is 2.67 bits per heavy atom. The summed E-state index contributed by atoms with van der Waals surface area (Å²) in [7, 11) is 0. The van der Waals surface area contributed by atoms with Crippen molar-refractivity contribution in [1.29, 1.82) is 5.26 Å². The highest BCUT2D eigenvalue weighted by Crippen LogP contribution is 2.37. The quantitative estimate of drug-likeness (QED) is 0.837. The van der Waals surface area contributed by atoms with Crippen molar-refractivity contribution in [2.45, 2.75) is 25.6 Å². The average Bonchev–Trinajstić information content (AvgIpc) is 2.68. The van der Waals surface area contributed by atoms with Gasteiger partial charge < -0.3 is 5.32 Å². The molecule has 1 aromatic rings. The Hall–Kier alpha value is -2.03. The topological polar surface area (TPSA) is 52.9 Å². The van der Waals surface area contributed by atoms with Gasteiger partial charge in [0.15, 0.2) is 0 Å². The number of nitrogens with zero attached hydrogens (tertiary/aromatic N) is 1. The maximum absolute atomic E-state index is 12.9. The van der Waals surface area contributed by atoms with E-state index in [4.69, 9.17) is 5.26 Å². The van der Waals surface area contributed by atoms with Crippen molar-refractivity contribution in [1.82, 2.24) is 5.32 Å². The van der Waals surface area contributed by atoms with Gasteiger partial charge in [0.05, 0.1) is 17.6 Å². The van der Waals surface area contributed by atoms with Crippen LogP contribution in [-0.2, 0) is 12.7 Å². The molecule has 0 fully saturated rings. The summed E-state index contributed by atoms with van der Waals surface area (Å²) < 4.78 is 38.7. The highest BCUT2D eigenvalue weighted by atomic mass is 19.4. The molecule has 1 amide bonds. The molecule has 6 heteroatoms. The van der Waals surface area contributed by atoms with Crippen LogP contribution in [0, 0.1) is 11.3 Å². The molecule has 0 saturated carbocycles. The van der Waals surface area contributed by atoms with E-state index in [-0.39, 0.29) is 23.2 Å². The fourth-order valence-corrected chi connectivity index (χ4v) is 1.93. The maximum atomic E-state index is 12.9. The predicted octanol–water partition coefficient (Wildman–Crippen LogP) is 2.58. The van der Waals surface area contributed by atoms with Crippen LogP contribution in [0.25, 0.3) is 0 Å². The zero-order chi connectivity index (χ0) is 13.5. The molecule has 0 saturated heterocycles. The first-order valence-electron chi connectivity index (χ1n) is 5.26. The van der Waals surface area contributed by atoms with Crippen LogP contribution in [0.15, 0.2) is 12.1 Å². The van der Waals surface area contributed by atoms with Crippen molar-refractivity contribution in [2.24, 2.45) is 0 Å². The fraction of sp³-hybridized carbons (Fsp3) is 0.333. The molecule has 1 aromatic carbocycles. The molecule has 2 rings (SSSR count). The number of carbonyl (C=O) groups excluding carboxylic acids is 1. The van der Waals surface area contributed by atoms with Crippen LogP contribution in [0.2, 0.25) is 0 Å². The molecule has 1 unspecified atom stereocenters. The Labute approximate surface area is 101 Å². The number of rotatable bonds is 1. The zero-order valence-corrected chi connectivity index (χ0v) is 9.43. The molecular weight excluding hydrogens is 245 g/mol. The Morgan fingerprint density at radius 2 is 2.11 bits per heavy atom. The van der Waals surface area contributed by atoms with E-state index in [0.717, 1.165) is 6.07 Å². The van der Waals surface area contributed by atoms with E-state index in [1.165, 1.54) is 13.0 Å². The number of nitrogens with one attached hydrogen (secondary N) is 1. The van der Waals surface area contributed by atoms with Gasteiger partial charge in [0.25, 0.3) is 5.91 Å². The lowest BCUT2D eigenvalue weighted by Gasteiger charge is -2.14. The third kappa shape index (κ3) is 1.92. The SMILES string of the molecule is CC(C#N)c1cc2c(c(C(F)(F)F)c1)CNC2=O. The minimum Gasteiger partial charge on any atom is -0.348 e. The monoisotopic (exact) mass is 254 g/mol. The normalized spacial score (nSPS) is 15.8. The molecule has 1 atom stereocenters. The van der Waals surface area contributed by atoms with Gasteiger partial charge in [0.2, 0.25) is 0 Å². The summed E-state index contributed by atoms with van der Waals surface area (Å²) in [5.41, 5.74) is -0.653. The average molecular weight is 254 g/mol. The van der Waals surface area contributed by atoms with Crippen molar-refractivity contribution in [3.05, 3.63) is 34.4 Å². The standard InChI is InChI=1S/C12H9F3N2O/c1-6(4-16)7-2-8-9(5-17-11(8)18)10(3-7)12(13,14)15/h2-3,6H,5H2,1H3,(H,17,18). The third-order valence-corrected chi connectivity index (χ3v) is 2.94. The maximum Gasteiger partial charge on any atom is 0.416 e. The first-order chi connectivity index (χ1) is 8.34. The molecule has 18 heavy (non-hydrogen) atoms. The van der Waals surface area contributed by atoms with E-state index in [2.05, 4.69) is 5.32 Å². The Bertz CT molecular complexity index is 558. The molecule has 1 N–H and O–H groups in total. The van der Waals surface area contributed by atoms with Crippen LogP contribution >= 0.6 is 0 Å². The van der Waals surface area contributed by atoms with Gasteiger partial charge in [-0.15, -0.1) is 0 Å². The van der Waals surface area contributed by atoms with Gasteiger partial charge in [0.1, 0.15) is 0 Å². The molecule has 1 aliphatic rings. The largest absolute Gasteiger partial charge is 0.416 e. The lowest BCUT2D eigenvalue weighted by atomic mass is 9.93. The number of carbonyl (C=O) groups is 1. The molecule has 0 spiro atoms. The number of halogens is 3. The van der Waals surface area contributed by atoms with Crippen LogP contribution in [-0.4, -0.2) is 5.91 Å². The van der Waals surface area contributed by atoms with Gasteiger partial charge in [-0.1, -0.05) is 0 Å². The van der Waals surface area contributed by atoms with Crippen LogP contribution in [0.5, 0.6) is 0 Å². The second kappa shape index (κ2) is 4.02.